The van der Waals surface area contributed by atoms with E-state index in [2.05, 4.69) is 32.9 Å². The standard InChI is InChI=1S/C13H18O2/c1-8-5-9(2)12-10(6-8)13(3,4)7-11(14)15-12/h5-6,11,14H,7H2,1-4H3. The molecule has 0 aromatic heterocycles. The van der Waals surface area contributed by atoms with Gasteiger partial charge >= 0.3 is 0 Å². The molecule has 15 heavy (non-hydrogen) atoms. The van der Waals surface area contributed by atoms with Crippen LogP contribution in [0.3, 0.4) is 0 Å². The highest BCUT2D eigenvalue weighted by atomic mass is 16.6. The Balaban J connectivity index is 2.62. The van der Waals surface area contributed by atoms with Crippen molar-refractivity contribution in [3.63, 3.8) is 0 Å². The molecule has 0 saturated heterocycles. The summed E-state index contributed by atoms with van der Waals surface area (Å²) in [4.78, 5) is 0. The van der Waals surface area contributed by atoms with Crippen LogP contribution in [0.1, 0.15) is 37.0 Å². The first kappa shape index (κ1) is 10.5. The van der Waals surface area contributed by atoms with Gasteiger partial charge in [0.05, 0.1) is 0 Å². The van der Waals surface area contributed by atoms with Gasteiger partial charge in [-0.25, -0.2) is 0 Å². The van der Waals surface area contributed by atoms with E-state index in [9.17, 15) is 5.11 Å². The summed E-state index contributed by atoms with van der Waals surface area (Å²) in [6.07, 6.45) is -0.0167. The Morgan fingerprint density at radius 2 is 2.00 bits per heavy atom. The van der Waals surface area contributed by atoms with Crippen LogP contribution in [0, 0.1) is 13.8 Å². The van der Waals surface area contributed by atoms with Crippen LogP contribution in [0.15, 0.2) is 12.1 Å². The average Bonchev–Trinajstić information content (AvgIpc) is 2.06. The van der Waals surface area contributed by atoms with Crippen molar-refractivity contribution >= 4 is 0 Å². The van der Waals surface area contributed by atoms with E-state index in [0.717, 1.165) is 11.3 Å². The van der Waals surface area contributed by atoms with E-state index in [1.807, 2.05) is 6.92 Å². The highest BCUT2D eigenvalue weighted by Crippen LogP contribution is 2.42. The molecule has 2 rings (SSSR count). The normalized spacial score (nSPS) is 23.1. The van der Waals surface area contributed by atoms with Gasteiger partial charge in [0.2, 0.25) is 0 Å². The molecule has 1 N–H and O–H groups in total. The largest absolute Gasteiger partial charge is 0.465 e. The first-order valence-electron chi connectivity index (χ1n) is 5.36. The van der Waals surface area contributed by atoms with Crippen LogP contribution in [0.4, 0.5) is 0 Å². The molecule has 0 fully saturated rings. The maximum atomic E-state index is 9.66. The van der Waals surface area contributed by atoms with Crippen LogP contribution < -0.4 is 4.74 Å². The van der Waals surface area contributed by atoms with Crippen molar-refractivity contribution < 1.29 is 9.84 Å². The van der Waals surface area contributed by atoms with Gasteiger partial charge in [0.25, 0.3) is 0 Å². The van der Waals surface area contributed by atoms with E-state index in [4.69, 9.17) is 4.74 Å². The molecule has 2 heteroatoms. The molecule has 1 aliphatic heterocycles. The van der Waals surface area contributed by atoms with Gasteiger partial charge in [-0.2, -0.15) is 0 Å². The zero-order chi connectivity index (χ0) is 11.2. The molecular formula is C13H18O2. The molecule has 0 aliphatic carbocycles. The monoisotopic (exact) mass is 206 g/mol. The van der Waals surface area contributed by atoms with Crippen molar-refractivity contribution in [2.45, 2.75) is 45.8 Å². The first-order chi connectivity index (χ1) is 6.90. The number of fused-ring (bicyclic) bond motifs is 1. The summed E-state index contributed by atoms with van der Waals surface area (Å²) in [5.74, 6) is 0.865. The predicted octanol–water partition coefficient (Wildman–Crippen LogP) is 2.68. The summed E-state index contributed by atoms with van der Waals surface area (Å²) in [6.45, 7) is 8.42. The van der Waals surface area contributed by atoms with E-state index >= 15 is 0 Å². The molecule has 0 bridgehead atoms. The second-order valence-electron chi connectivity index (χ2n) is 5.12. The predicted molar refractivity (Wildman–Crippen MR) is 60.2 cm³/mol. The van der Waals surface area contributed by atoms with E-state index < -0.39 is 6.29 Å². The third-order valence-electron chi connectivity index (χ3n) is 3.09. The van der Waals surface area contributed by atoms with Crippen LogP contribution in [0.2, 0.25) is 0 Å². The van der Waals surface area contributed by atoms with E-state index in [1.54, 1.807) is 0 Å². The van der Waals surface area contributed by atoms with Crippen LogP contribution in [0.25, 0.3) is 0 Å². The van der Waals surface area contributed by atoms with Crippen molar-refractivity contribution in [3.05, 3.63) is 28.8 Å². The number of aliphatic hydroxyl groups excluding tert-OH is 1. The number of hydrogen-bond acceptors (Lipinski definition) is 2. The van der Waals surface area contributed by atoms with Crippen molar-refractivity contribution in [2.75, 3.05) is 0 Å². The minimum Gasteiger partial charge on any atom is -0.465 e. The Bertz CT molecular complexity index is 394. The maximum Gasteiger partial charge on any atom is 0.198 e. The van der Waals surface area contributed by atoms with Crippen molar-refractivity contribution in [1.29, 1.82) is 0 Å². The quantitative estimate of drug-likeness (QED) is 0.707. The Kier molecular flexibility index (Phi) is 2.27. The lowest BCUT2D eigenvalue weighted by molar-refractivity contribution is -0.0502. The number of rotatable bonds is 0. The molecule has 1 atom stereocenters. The van der Waals surface area contributed by atoms with Gasteiger partial charge in [-0.1, -0.05) is 31.5 Å². The summed E-state index contributed by atoms with van der Waals surface area (Å²) in [5, 5.41) is 9.66. The molecule has 1 aliphatic rings. The number of aliphatic hydroxyl groups is 1. The number of ether oxygens (including phenoxy) is 1. The van der Waals surface area contributed by atoms with Gasteiger partial charge in [0.15, 0.2) is 6.29 Å². The molecule has 82 valence electrons. The number of aryl methyl sites for hydroxylation is 2. The topological polar surface area (TPSA) is 29.5 Å². The van der Waals surface area contributed by atoms with Gasteiger partial charge < -0.3 is 9.84 Å². The number of hydrogen-bond donors (Lipinski definition) is 1. The maximum absolute atomic E-state index is 9.66. The fourth-order valence-corrected chi connectivity index (χ4v) is 2.34. The van der Waals surface area contributed by atoms with Crippen LogP contribution in [-0.4, -0.2) is 11.4 Å². The minimum atomic E-state index is -0.672. The van der Waals surface area contributed by atoms with Gasteiger partial charge in [0.1, 0.15) is 5.75 Å². The summed E-state index contributed by atoms with van der Waals surface area (Å²) in [5.41, 5.74) is 3.56. The summed E-state index contributed by atoms with van der Waals surface area (Å²) >= 11 is 0. The minimum absolute atomic E-state index is 0.0101. The molecule has 1 aromatic rings. The fourth-order valence-electron chi connectivity index (χ4n) is 2.34. The molecule has 0 saturated carbocycles. The molecule has 0 spiro atoms. The molecule has 0 amide bonds. The van der Waals surface area contributed by atoms with E-state index in [1.165, 1.54) is 11.1 Å². The average molecular weight is 206 g/mol. The zero-order valence-electron chi connectivity index (χ0n) is 9.79. The Morgan fingerprint density at radius 1 is 1.33 bits per heavy atom. The SMILES string of the molecule is Cc1cc(C)c2c(c1)C(C)(C)CC(O)O2. The Labute approximate surface area is 90.9 Å². The highest BCUT2D eigenvalue weighted by Gasteiger charge is 2.34. The lowest BCUT2D eigenvalue weighted by Crippen LogP contribution is -2.34. The van der Waals surface area contributed by atoms with E-state index in [0.29, 0.717) is 6.42 Å². The Hall–Kier alpha value is -1.02. The molecule has 2 nitrogen and oxygen atoms in total. The second-order valence-corrected chi connectivity index (χ2v) is 5.12. The van der Waals surface area contributed by atoms with Crippen LogP contribution >= 0.6 is 0 Å². The van der Waals surface area contributed by atoms with Crippen LogP contribution in [-0.2, 0) is 5.41 Å². The van der Waals surface area contributed by atoms with Crippen molar-refractivity contribution in [1.82, 2.24) is 0 Å². The zero-order valence-corrected chi connectivity index (χ0v) is 9.79. The van der Waals surface area contributed by atoms with Gasteiger partial charge in [-0.3, -0.25) is 0 Å². The first-order valence-corrected chi connectivity index (χ1v) is 5.36. The van der Waals surface area contributed by atoms with Gasteiger partial charge in [-0.15, -0.1) is 0 Å². The fraction of sp³-hybridized carbons (Fsp3) is 0.538. The molecular weight excluding hydrogens is 188 g/mol. The highest BCUT2D eigenvalue weighted by molar-refractivity contribution is 5.48. The van der Waals surface area contributed by atoms with Crippen molar-refractivity contribution in [2.24, 2.45) is 0 Å². The summed E-state index contributed by atoms with van der Waals surface area (Å²) < 4.78 is 5.51. The molecule has 1 aromatic carbocycles. The molecule has 0 radical (unpaired) electrons. The molecule has 1 heterocycles. The lowest BCUT2D eigenvalue weighted by atomic mass is 9.78. The lowest BCUT2D eigenvalue weighted by Gasteiger charge is -2.36. The summed E-state index contributed by atoms with van der Waals surface area (Å²) in [6, 6.07) is 4.25. The smallest absolute Gasteiger partial charge is 0.198 e. The van der Waals surface area contributed by atoms with Gasteiger partial charge in [-0.05, 0) is 24.8 Å². The van der Waals surface area contributed by atoms with Crippen molar-refractivity contribution in [3.8, 4) is 5.75 Å². The molecule has 1 unspecified atom stereocenters. The van der Waals surface area contributed by atoms with Crippen LogP contribution in [0.5, 0.6) is 5.75 Å². The Morgan fingerprint density at radius 3 is 2.67 bits per heavy atom. The second kappa shape index (κ2) is 3.24. The summed E-state index contributed by atoms with van der Waals surface area (Å²) in [7, 11) is 0. The van der Waals surface area contributed by atoms with Gasteiger partial charge in [0, 0.05) is 12.0 Å². The van der Waals surface area contributed by atoms with E-state index in [-0.39, 0.29) is 5.41 Å². The third-order valence-corrected chi connectivity index (χ3v) is 3.09. The number of benzene rings is 1. The third kappa shape index (κ3) is 1.74.